The summed E-state index contributed by atoms with van der Waals surface area (Å²) in [5, 5.41) is 10.9. The third-order valence-corrected chi connectivity index (χ3v) is 13.2. The van der Waals surface area contributed by atoms with Crippen molar-refractivity contribution in [2.75, 3.05) is 0 Å². The zero-order valence-corrected chi connectivity index (χ0v) is 21.7. The summed E-state index contributed by atoms with van der Waals surface area (Å²) in [7, 11) is 0. The van der Waals surface area contributed by atoms with Gasteiger partial charge in [0, 0.05) is 0 Å². The number of aliphatic hydroxyl groups is 1. The van der Waals surface area contributed by atoms with Crippen molar-refractivity contribution in [2.24, 2.45) is 56.7 Å². The zero-order chi connectivity index (χ0) is 22.6. The van der Waals surface area contributed by atoms with Gasteiger partial charge in [0.2, 0.25) is 0 Å². The summed E-state index contributed by atoms with van der Waals surface area (Å²) in [4.78, 5) is 0. The van der Waals surface area contributed by atoms with Gasteiger partial charge in [0.15, 0.2) is 0 Å². The minimum atomic E-state index is -0.117. The van der Waals surface area contributed by atoms with E-state index in [1.165, 1.54) is 63.4 Å². The number of rotatable bonds is 1. The van der Waals surface area contributed by atoms with E-state index in [0.717, 1.165) is 30.1 Å². The molecule has 31 heavy (non-hydrogen) atoms. The van der Waals surface area contributed by atoms with Gasteiger partial charge in [-0.2, -0.15) is 0 Å². The van der Waals surface area contributed by atoms with E-state index in [0.29, 0.717) is 27.6 Å². The van der Waals surface area contributed by atoms with E-state index in [9.17, 15) is 5.11 Å². The monoisotopic (exact) mass is 426 g/mol. The van der Waals surface area contributed by atoms with Crippen LogP contribution in [-0.2, 0) is 0 Å². The molecule has 1 heteroatoms. The van der Waals surface area contributed by atoms with Crippen molar-refractivity contribution >= 4 is 0 Å². The van der Waals surface area contributed by atoms with Gasteiger partial charge in [0.05, 0.1) is 6.10 Å². The SMILES string of the molecule is C=C(C)[C@@H]1CC[C@]2(C)CC[C@H]3[C@]4(C)CC[C@H]5C(C)(C)[C@@H](O)CC[C@]5(C)[C@H]4CC[C@]3(C)[C@@H]12. The van der Waals surface area contributed by atoms with E-state index in [1.807, 2.05) is 0 Å². The molecule has 0 bridgehead atoms. The molecule has 10 atom stereocenters. The number of hydrogen-bond acceptors (Lipinski definition) is 1. The lowest BCUT2D eigenvalue weighted by atomic mass is 9.33. The van der Waals surface area contributed by atoms with E-state index in [2.05, 4.69) is 55.0 Å². The molecule has 0 aromatic rings. The van der Waals surface area contributed by atoms with Crippen LogP contribution < -0.4 is 0 Å². The quantitative estimate of drug-likeness (QED) is 0.421. The highest BCUT2D eigenvalue weighted by atomic mass is 16.3. The Bertz CT molecular complexity index is 766. The Balaban J connectivity index is 1.54. The van der Waals surface area contributed by atoms with Crippen LogP contribution in [0.15, 0.2) is 12.2 Å². The summed E-state index contributed by atoms with van der Waals surface area (Å²) >= 11 is 0. The molecule has 0 spiro atoms. The molecule has 5 aliphatic rings. The Morgan fingerprint density at radius 2 is 1.16 bits per heavy atom. The van der Waals surface area contributed by atoms with Crippen LogP contribution in [0.2, 0.25) is 0 Å². The van der Waals surface area contributed by atoms with Gasteiger partial charge < -0.3 is 5.11 Å². The molecule has 0 aliphatic heterocycles. The molecule has 1 N–H and O–H groups in total. The number of allylic oxidation sites excluding steroid dienone is 1. The summed E-state index contributed by atoms with van der Waals surface area (Å²) in [5.41, 5.74) is 3.42. The highest BCUT2D eigenvalue weighted by Gasteiger charge is 2.69. The van der Waals surface area contributed by atoms with Gasteiger partial charge in [-0.25, -0.2) is 0 Å². The highest BCUT2D eigenvalue weighted by Crippen LogP contribution is 2.76. The highest BCUT2D eigenvalue weighted by molar-refractivity contribution is 5.20. The second-order valence-electron chi connectivity index (χ2n) is 14.8. The topological polar surface area (TPSA) is 20.2 Å². The van der Waals surface area contributed by atoms with E-state index >= 15 is 0 Å². The normalized spacial score (nSPS) is 57.9. The van der Waals surface area contributed by atoms with Gasteiger partial charge >= 0.3 is 0 Å². The predicted molar refractivity (Wildman–Crippen MR) is 131 cm³/mol. The smallest absolute Gasteiger partial charge is 0.0594 e. The molecule has 5 fully saturated rings. The predicted octanol–water partition coefficient (Wildman–Crippen LogP) is 8.02. The van der Waals surface area contributed by atoms with Crippen molar-refractivity contribution in [3.8, 4) is 0 Å². The summed E-state index contributed by atoms with van der Waals surface area (Å²) in [6.07, 6.45) is 13.4. The Hall–Kier alpha value is -0.300. The molecule has 5 aliphatic carbocycles. The number of aliphatic hydroxyl groups excluding tert-OH is 1. The zero-order valence-electron chi connectivity index (χ0n) is 21.7. The molecule has 0 aromatic carbocycles. The lowest BCUT2D eigenvalue weighted by molar-refractivity contribution is -0.236. The Kier molecular flexibility index (Phi) is 4.82. The van der Waals surface area contributed by atoms with Crippen LogP contribution in [0.25, 0.3) is 0 Å². The van der Waals surface area contributed by atoms with Gasteiger partial charge in [0.1, 0.15) is 0 Å². The first-order chi connectivity index (χ1) is 14.3. The van der Waals surface area contributed by atoms with Gasteiger partial charge in [-0.15, -0.1) is 0 Å². The third kappa shape index (κ3) is 2.71. The first kappa shape index (κ1) is 22.5. The number of fused-ring (bicyclic) bond motifs is 7. The van der Waals surface area contributed by atoms with Crippen LogP contribution in [0.3, 0.4) is 0 Å². The summed E-state index contributed by atoms with van der Waals surface area (Å²) in [6, 6.07) is 0. The average Bonchev–Trinajstić information content (AvgIpc) is 3.03. The van der Waals surface area contributed by atoms with Gasteiger partial charge in [-0.3, -0.25) is 0 Å². The molecule has 0 unspecified atom stereocenters. The van der Waals surface area contributed by atoms with Crippen LogP contribution in [0, 0.1) is 56.7 Å². The molecule has 5 saturated carbocycles. The van der Waals surface area contributed by atoms with Gasteiger partial charge in [-0.1, -0.05) is 53.7 Å². The van der Waals surface area contributed by atoms with Crippen LogP contribution in [0.5, 0.6) is 0 Å². The second-order valence-corrected chi connectivity index (χ2v) is 14.8. The first-order valence-electron chi connectivity index (χ1n) is 13.6. The van der Waals surface area contributed by atoms with E-state index < -0.39 is 0 Å². The molecular weight excluding hydrogens is 376 g/mol. The molecule has 0 amide bonds. The van der Waals surface area contributed by atoms with Gasteiger partial charge in [-0.05, 0) is 128 Å². The molecule has 0 saturated heterocycles. The van der Waals surface area contributed by atoms with Gasteiger partial charge in [0.25, 0.3) is 0 Å². The lowest BCUT2D eigenvalue weighted by Crippen LogP contribution is -2.65. The molecule has 176 valence electrons. The molecular formula is C30H50O. The Morgan fingerprint density at radius 3 is 1.84 bits per heavy atom. The molecule has 0 radical (unpaired) electrons. The van der Waals surface area contributed by atoms with Crippen LogP contribution in [0.4, 0.5) is 0 Å². The van der Waals surface area contributed by atoms with Crippen LogP contribution in [0.1, 0.15) is 113 Å². The Morgan fingerprint density at radius 1 is 0.677 bits per heavy atom. The fraction of sp³-hybridized carbons (Fsp3) is 0.933. The average molecular weight is 427 g/mol. The maximum absolute atomic E-state index is 10.9. The third-order valence-electron chi connectivity index (χ3n) is 13.2. The van der Waals surface area contributed by atoms with E-state index in [-0.39, 0.29) is 11.5 Å². The summed E-state index contributed by atoms with van der Waals surface area (Å²) in [6.45, 7) is 22.3. The van der Waals surface area contributed by atoms with Crippen LogP contribution >= 0.6 is 0 Å². The molecule has 0 heterocycles. The summed E-state index contributed by atoms with van der Waals surface area (Å²) < 4.78 is 0. The molecule has 1 nitrogen and oxygen atoms in total. The first-order valence-corrected chi connectivity index (χ1v) is 13.6. The standard InChI is InChI=1S/C30H50O/c1-19(2)20-9-14-27(5)15-10-23-29(7)16-11-21-26(3,4)24(31)13-18-28(21,6)22(29)12-17-30(23,8)25(20)27/h20-25,31H,1,9-18H2,2-8H3/t20-,21-,22+,23-,24-,25-,27+,28-,29+,30-/m0/s1. The van der Waals surface area contributed by atoms with Crippen molar-refractivity contribution < 1.29 is 5.11 Å². The van der Waals surface area contributed by atoms with Crippen molar-refractivity contribution in [3.63, 3.8) is 0 Å². The minimum absolute atomic E-state index is 0.0662. The largest absolute Gasteiger partial charge is 0.393 e. The molecule has 0 aromatic heterocycles. The number of hydrogen-bond donors (Lipinski definition) is 1. The van der Waals surface area contributed by atoms with E-state index in [1.54, 1.807) is 0 Å². The fourth-order valence-electron chi connectivity index (χ4n) is 11.9. The minimum Gasteiger partial charge on any atom is -0.393 e. The maximum Gasteiger partial charge on any atom is 0.0594 e. The summed E-state index contributed by atoms with van der Waals surface area (Å²) in [5.74, 6) is 3.95. The second kappa shape index (κ2) is 6.64. The molecule has 5 rings (SSSR count). The fourth-order valence-corrected chi connectivity index (χ4v) is 11.9. The lowest BCUT2D eigenvalue weighted by Gasteiger charge is -2.72. The van der Waals surface area contributed by atoms with E-state index in [4.69, 9.17) is 0 Å². The van der Waals surface area contributed by atoms with Crippen LogP contribution in [-0.4, -0.2) is 11.2 Å². The van der Waals surface area contributed by atoms with Crippen molar-refractivity contribution in [2.45, 2.75) is 119 Å². The van der Waals surface area contributed by atoms with Crippen molar-refractivity contribution in [1.29, 1.82) is 0 Å². The van der Waals surface area contributed by atoms with Crippen molar-refractivity contribution in [1.82, 2.24) is 0 Å². The maximum atomic E-state index is 10.9. The van der Waals surface area contributed by atoms with Crippen molar-refractivity contribution in [3.05, 3.63) is 12.2 Å². The Labute approximate surface area is 192 Å².